The molecule has 0 heterocycles. The van der Waals surface area contributed by atoms with Crippen LogP contribution in [0.2, 0.25) is 0 Å². The van der Waals surface area contributed by atoms with Gasteiger partial charge < -0.3 is 9.47 Å². The van der Waals surface area contributed by atoms with E-state index in [4.69, 9.17) is 10.1 Å². The standard InChI is InChI=1S/C9H7ClF3N2O2/c1-16-6-4-2-3-5(15-14)7(6)17-9(12,13)8(10)11/h2-4,8H,1H3/q+1. The lowest BCUT2D eigenvalue weighted by Crippen LogP contribution is -2.32. The van der Waals surface area contributed by atoms with Crippen LogP contribution < -0.4 is 9.47 Å². The maximum atomic E-state index is 13.0. The van der Waals surface area contributed by atoms with Crippen molar-refractivity contribution in [3.8, 4) is 11.5 Å². The molecular formula is C9H7ClF3N2O2+. The van der Waals surface area contributed by atoms with Crippen molar-refractivity contribution < 1.29 is 22.6 Å². The summed E-state index contributed by atoms with van der Waals surface area (Å²) >= 11 is 4.63. The smallest absolute Gasteiger partial charge is 0.445 e. The minimum Gasteiger partial charge on any atom is -0.493 e. The van der Waals surface area contributed by atoms with E-state index in [2.05, 4.69) is 21.3 Å². The topological polar surface area (TPSA) is 46.6 Å². The molecule has 0 amide bonds. The third-order valence-corrected chi connectivity index (χ3v) is 2.03. The molecule has 0 aromatic heterocycles. The first-order chi connectivity index (χ1) is 7.92. The Morgan fingerprint density at radius 1 is 1.47 bits per heavy atom. The number of nitrogens with zero attached hydrogens (tertiary/aromatic N) is 2. The highest BCUT2D eigenvalue weighted by Crippen LogP contribution is 2.41. The third kappa shape index (κ3) is 2.91. The molecule has 0 fully saturated rings. The summed E-state index contributed by atoms with van der Waals surface area (Å²) in [7, 11) is 1.19. The summed E-state index contributed by atoms with van der Waals surface area (Å²) in [5.74, 6) is -0.747. The van der Waals surface area contributed by atoms with Crippen molar-refractivity contribution in [3.63, 3.8) is 0 Å². The molecule has 0 saturated heterocycles. The number of alkyl halides is 4. The first-order valence-corrected chi connectivity index (χ1v) is 4.73. The lowest BCUT2D eigenvalue weighted by atomic mass is 10.3. The van der Waals surface area contributed by atoms with E-state index in [1.807, 2.05) is 0 Å². The average molecular weight is 268 g/mol. The summed E-state index contributed by atoms with van der Waals surface area (Å²) in [6.07, 6.45) is -4.27. The van der Waals surface area contributed by atoms with Gasteiger partial charge in [0.25, 0.3) is 11.4 Å². The average Bonchev–Trinajstić information content (AvgIpc) is 2.28. The largest absolute Gasteiger partial charge is 0.493 e. The molecule has 0 spiro atoms. The van der Waals surface area contributed by atoms with E-state index in [0.29, 0.717) is 0 Å². The molecule has 1 aromatic carbocycles. The summed E-state index contributed by atoms with van der Waals surface area (Å²) in [6, 6.07) is 3.84. The zero-order valence-corrected chi connectivity index (χ0v) is 9.29. The van der Waals surface area contributed by atoms with Gasteiger partial charge in [0.15, 0.2) is 10.7 Å². The molecule has 0 bridgehead atoms. The van der Waals surface area contributed by atoms with E-state index >= 15 is 0 Å². The van der Waals surface area contributed by atoms with Crippen molar-refractivity contribution in [2.24, 2.45) is 0 Å². The predicted molar refractivity (Wildman–Crippen MR) is 54.1 cm³/mol. The lowest BCUT2D eigenvalue weighted by Gasteiger charge is -2.17. The fourth-order valence-corrected chi connectivity index (χ4v) is 1.07. The van der Waals surface area contributed by atoms with E-state index in [1.54, 1.807) is 0 Å². The number of hydrogen-bond acceptors (Lipinski definition) is 3. The molecule has 0 aliphatic carbocycles. The Morgan fingerprint density at radius 3 is 2.59 bits per heavy atom. The van der Waals surface area contributed by atoms with Crippen molar-refractivity contribution in [3.05, 3.63) is 23.2 Å². The predicted octanol–water partition coefficient (Wildman–Crippen LogP) is 3.69. The van der Waals surface area contributed by atoms with Crippen molar-refractivity contribution in [1.82, 2.24) is 0 Å². The normalized spacial score (nSPS) is 12.7. The third-order valence-electron chi connectivity index (χ3n) is 1.78. The van der Waals surface area contributed by atoms with Crippen LogP contribution in [0.3, 0.4) is 0 Å². The van der Waals surface area contributed by atoms with Gasteiger partial charge in [-0.2, -0.15) is 8.78 Å². The second-order valence-electron chi connectivity index (χ2n) is 2.87. The zero-order valence-electron chi connectivity index (χ0n) is 8.53. The number of para-hydroxylation sites is 1. The molecular weight excluding hydrogens is 261 g/mol. The van der Waals surface area contributed by atoms with Crippen LogP contribution >= 0.6 is 11.6 Å². The fourth-order valence-electron chi connectivity index (χ4n) is 1.03. The molecule has 0 aliphatic heterocycles. The summed E-state index contributed by atoms with van der Waals surface area (Å²) in [4.78, 5) is 2.72. The maximum Gasteiger partial charge on any atom is 0.445 e. The van der Waals surface area contributed by atoms with E-state index in [1.165, 1.54) is 25.3 Å². The minimum absolute atomic E-state index is 0.141. The van der Waals surface area contributed by atoms with Crippen molar-refractivity contribution in [2.75, 3.05) is 7.11 Å². The van der Waals surface area contributed by atoms with E-state index in [9.17, 15) is 13.2 Å². The van der Waals surface area contributed by atoms with Gasteiger partial charge in [-0.1, -0.05) is 17.7 Å². The number of halogens is 4. The molecule has 1 atom stereocenters. The van der Waals surface area contributed by atoms with Gasteiger partial charge in [0.2, 0.25) is 5.39 Å². The molecule has 0 N–H and O–H groups in total. The summed E-state index contributed by atoms with van der Waals surface area (Å²) in [6.45, 7) is 0. The second-order valence-corrected chi connectivity index (χ2v) is 3.26. The van der Waals surface area contributed by atoms with Crippen LogP contribution in [0.5, 0.6) is 11.5 Å². The molecule has 4 nitrogen and oxygen atoms in total. The monoisotopic (exact) mass is 267 g/mol. The number of benzene rings is 1. The van der Waals surface area contributed by atoms with Crippen LogP contribution in [-0.2, 0) is 0 Å². The number of diazo groups is 1. The highest BCUT2D eigenvalue weighted by molar-refractivity contribution is 6.20. The number of rotatable bonds is 4. The van der Waals surface area contributed by atoms with Gasteiger partial charge in [0.05, 0.1) is 7.11 Å². The maximum absolute atomic E-state index is 13.0. The quantitative estimate of drug-likeness (QED) is 0.617. The second kappa shape index (κ2) is 5.10. The van der Waals surface area contributed by atoms with Gasteiger partial charge in [-0.15, -0.1) is 0 Å². The van der Waals surface area contributed by atoms with E-state index in [-0.39, 0.29) is 11.4 Å². The molecule has 92 valence electrons. The molecule has 0 saturated carbocycles. The van der Waals surface area contributed by atoms with Crippen LogP contribution in [0.1, 0.15) is 0 Å². The minimum atomic E-state index is -4.27. The van der Waals surface area contributed by atoms with Gasteiger partial charge in [-0.25, -0.2) is 4.39 Å². The Kier molecular flexibility index (Phi) is 4.02. The Balaban J connectivity index is 3.17. The molecule has 8 heteroatoms. The van der Waals surface area contributed by atoms with E-state index < -0.39 is 17.5 Å². The van der Waals surface area contributed by atoms with E-state index in [0.717, 1.165) is 0 Å². The summed E-state index contributed by atoms with van der Waals surface area (Å²) in [5, 5.41) is 8.59. The number of hydrogen-bond donors (Lipinski definition) is 0. The van der Waals surface area contributed by atoms with Crippen molar-refractivity contribution in [2.45, 2.75) is 11.7 Å². The Labute approximate surface area is 99.5 Å². The Hall–Kier alpha value is -1.68. The summed E-state index contributed by atoms with van der Waals surface area (Å²) < 4.78 is 47.1. The fraction of sp³-hybridized carbons (Fsp3) is 0.333. The molecule has 0 aliphatic rings. The van der Waals surface area contributed by atoms with Crippen LogP contribution in [-0.4, -0.2) is 18.8 Å². The first-order valence-electron chi connectivity index (χ1n) is 4.29. The number of methoxy groups -OCH3 is 1. The molecule has 17 heavy (non-hydrogen) atoms. The van der Waals surface area contributed by atoms with Gasteiger partial charge >= 0.3 is 11.8 Å². The first kappa shape index (κ1) is 13.4. The molecule has 0 radical (unpaired) electrons. The molecule has 1 rings (SSSR count). The lowest BCUT2D eigenvalue weighted by molar-refractivity contribution is -0.199. The van der Waals surface area contributed by atoms with Gasteiger partial charge in [0, 0.05) is 6.07 Å². The SMILES string of the molecule is COc1cccc([N+]#N)c1OC(F)(F)C(F)Cl. The summed E-state index contributed by atoms with van der Waals surface area (Å²) in [5.41, 5.74) is -3.37. The van der Waals surface area contributed by atoms with Crippen LogP contribution in [0.25, 0.3) is 4.98 Å². The number of ether oxygens (including phenoxy) is 2. The molecule has 1 aromatic rings. The highest BCUT2D eigenvalue weighted by atomic mass is 35.5. The van der Waals surface area contributed by atoms with Crippen LogP contribution in [0, 0.1) is 5.39 Å². The van der Waals surface area contributed by atoms with Crippen molar-refractivity contribution in [1.29, 1.82) is 5.39 Å². The Morgan fingerprint density at radius 2 is 2.12 bits per heavy atom. The van der Waals surface area contributed by atoms with Gasteiger partial charge in [-0.05, 0) is 6.07 Å². The van der Waals surface area contributed by atoms with Gasteiger partial charge in [0.1, 0.15) is 0 Å². The van der Waals surface area contributed by atoms with Crippen LogP contribution in [0.15, 0.2) is 18.2 Å². The zero-order chi connectivity index (χ0) is 13.1. The van der Waals surface area contributed by atoms with Gasteiger partial charge in [-0.3, -0.25) is 0 Å². The van der Waals surface area contributed by atoms with Crippen LogP contribution in [0.4, 0.5) is 18.9 Å². The molecule has 1 unspecified atom stereocenters. The highest BCUT2D eigenvalue weighted by Gasteiger charge is 2.44. The van der Waals surface area contributed by atoms with Crippen molar-refractivity contribution >= 4 is 17.3 Å². The Bertz CT molecular complexity index is 448.